The number of hydrogen-bond donors (Lipinski definition) is 2. The number of rotatable bonds is 5. The van der Waals surface area contributed by atoms with Crippen molar-refractivity contribution in [1.29, 1.82) is 0 Å². The second kappa shape index (κ2) is 6.10. The van der Waals surface area contributed by atoms with E-state index in [9.17, 15) is 4.79 Å². The molecule has 2 N–H and O–H groups in total. The van der Waals surface area contributed by atoms with Gasteiger partial charge in [0, 0.05) is 17.3 Å². The maximum Gasteiger partial charge on any atom is 0.252 e. The van der Waals surface area contributed by atoms with Crippen LogP contribution in [-0.4, -0.2) is 16.1 Å². The zero-order valence-electron chi connectivity index (χ0n) is 10.1. The predicted molar refractivity (Wildman–Crippen MR) is 65.3 cm³/mol. The fourth-order valence-corrected chi connectivity index (χ4v) is 1.44. The Morgan fingerprint density at radius 1 is 1.56 bits per heavy atom. The van der Waals surface area contributed by atoms with Crippen LogP contribution >= 0.6 is 0 Å². The van der Waals surface area contributed by atoms with E-state index in [2.05, 4.69) is 22.4 Å². The number of amides is 1. The summed E-state index contributed by atoms with van der Waals surface area (Å²) in [5, 5.41) is 9.69. The second-order valence-electron chi connectivity index (χ2n) is 3.78. The van der Waals surface area contributed by atoms with E-state index >= 15 is 0 Å². The lowest BCUT2D eigenvalue weighted by Crippen LogP contribution is -2.12. The first kappa shape index (κ1) is 12.5. The molecule has 0 atom stereocenters. The molecule has 0 bridgehead atoms. The number of aromatic nitrogens is 2. The van der Waals surface area contributed by atoms with Gasteiger partial charge in [0.25, 0.3) is 5.91 Å². The topological polar surface area (TPSA) is 57.8 Å². The quantitative estimate of drug-likeness (QED) is 0.751. The summed E-state index contributed by atoms with van der Waals surface area (Å²) in [7, 11) is 0. The number of allylic oxidation sites excluding steroid dienone is 1. The summed E-state index contributed by atoms with van der Waals surface area (Å²) in [4.78, 5) is 11.6. The minimum Gasteiger partial charge on any atom is -0.305 e. The summed E-state index contributed by atoms with van der Waals surface area (Å²) in [6.07, 6.45) is 4.77. The SMILES string of the molecule is CC/C=C(\C)C(=O)Nc1cc(CCC)[nH]n1. The van der Waals surface area contributed by atoms with Crippen LogP contribution in [0.25, 0.3) is 0 Å². The lowest BCUT2D eigenvalue weighted by molar-refractivity contribution is -0.112. The van der Waals surface area contributed by atoms with E-state index in [1.54, 1.807) is 6.92 Å². The number of anilines is 1. The van der Waals surface area contributed by atoms with Crippen molar-refractivity contribution >= 4 is 11.7 Å². The van der Waals surface area contributed by atoms with Crippen LogP contribution in [0, 0.1) is 0 Å². The molecular formula is C12H19N3O. The molecule has 1 amide bonds. The summed E-state index contributed by atoms with van der Waals surface area (Å²) in [6, 6.07) is 1.88. The Balaban J connectivity index is 2.59. The van der Waals surface area contributed by atoms with Gasteiger partial charge in [0.1, 0.15) is 0 Å². The zero-order valence-corrected chi connectivity index (χ0v) is 10.1. The van der Waals surface area contributed by atoms with Crippen LogP contribution in [0.4, 0.5) is 5.82 Å². The lowest BCUT2D eigenvalue weighted by Gasteiger charge is -2.00. The summed E-state index contributed by atoms with van der Waals surface area (Å²) >= 11 is 0. The fraction of sp³-hybridized carbons (Fsp3) is 0.500. The minimum atomic E-state index is -0.0867. The number of hydrogen-bond acceptors (Lipinski definition) is 2. The Morgan fingerprint density at radius 2 is 2.31 bits per heavy atom. The second-order valence-corrected chi connectivity index (χ2v) is 3.78. The normalized spacial score (nSPS) is 11.6. The van der Waals surface area contributed by atoms with Crippen LogP contribution in [0.3, 0.4) is 0 Å². The minimum absolute atomic E-state index is 0.0867. The number of nitrogens with zero attached hydrogens (tertiary/aromatic N) is 1. The molecular weight excluding hydrogens is 202 g/mol. The molecule has 4 nitrogen and oxygen atoms in total. The molecule has 0 fully saturated rings. The van der Waals surface area contributed by atoms with Gasteiger partial charge in [-0.1, -0.05) is 26.3 Å². The maximum atomic E-state index is 11.6. The molecule has 88 valence electrons. The van der Waals surface area contributed by atoms with Gasteiger partial charge < -0.3 is 5.32 Å². The maximum absolute atomic E-state index is 11.6. The highest BCUT2D eigenvalue weighted by Gasteiger charge is 2.06. The fourth-order valence-electron chi connectivity index (χ4n) is 1.44. The van der Waals surface area contributed by atoms with Crippen LogP contribution < -0.4 is 5.32 Å². The van der Waals surface area contributed by atoms with Crippen LogP contribution in [-0.2, 0) is 11.2 Å². The van der Waals surface area contributed by atoms with E-state index in [4.69, 9.17) is 0 Å². The van der Waals surface area contributed by atoms with Crippen LogP contribution in [0.15, 0.2) is 17.7 Å². The summed E-state index contributed by atoms with van der Waals surface area (Å²) in [5.41, 5.74) is 1.78. The van der Waals surface area contributed by atoms with E-state index in [1.165, 1.54) is 0 Å². The van der Waals surface area contributed by atoms with E-state index in [0.29, 0.717) is 5.82 Å². The van der Waals surface area contributed by atoms with Gasteiger partial charge in [0.2, 0.25) is 0 Å². The molecule has 0 saturated carbocycles. The molecule has 0 radical (unpaired) electrons. The molecule has 0 saturated heterocycles. The number of aromatic amines is 1. The number of aryl methyl sites for hydroxylation is 1. The first-order valence-electron chi connectivity index (χ1n) is 5.69. The largest absolute Gasteiger partial charge is 0.305 e. The summed E-state index contributed by atoms with van der Waals surface area (Å²) < 4.78 is 0. The Kier molecular flexibility index (Phi) is 4.76. The van der Waals surface area contributed by atoms with Gasteiger partial charge in [-0.2, -0.15) is 5.10 Å². The van der Waals surface area contributed by atoms with Crippen LogP contribution in [0.2, 0.25) is 0 Å². The molecule has 1 rings (SSSR count). The van der Waals surface area contributed by atoms with Gasteiger partial charge in [-0.3, -0.25) is 9.89 Å². The molecule has 0 unspecified atom stereocenters. The Hall–Kier alpha value is -1.58. The molecule has 16 heavy (non-hydrogen) atoms. The first-order valence-corrected chi connectivity index (χ1v) is 5.69. The van der Waals surface area contributed by atoms with E-state index in [-0.39, 0.29) is 5.91 Å². The summed E-state index contributed by atoms with van der Waals surface area (Å²) in [6.45, 7) is 5.91. The monoisotopic (exact) mass is 221 g/mol. The Morgan fingerprint density at radius 3 is 2.94 bits per heavy atom. The molecule has 0 aromatic carbocycles. The lowest BCUT2D eigenvalue weighted by atomic mass is 10.2. The highest BCUT2D eigenvalue weighted by Crippen LogP contribution is 2.08. The highest BCUT2D eigenvalue weighted by molar-refractivity contribution is 6.02. The van der Waals surface area contributed by atoms with Crippen LogP contribution in [0.5, 0.6) is 0 Å². The van der Waals surface area contributed by atoms with Crippen molar-refractivity contribution in [3.8, 4) is 0 Å². The van der Waals surface area contributed by atoms with Crippen molar-refractivity contribution in [2.24, 2.45) is 0 Å². The molecule has 1 aromatic rings. The van der Waals surface area contributed by atoms with Crippen molar-refractivity contribution in [2.45, 2.75) is 40.0 Å². The zero-order chi connectivity index (χ0) is 12.0. The Labute approximate surface area is 96.1 Å². The first-order chi connectivity index (χ1) is 7.67. The van der Waals surface area contributed by atoms with Crippen molar-refractivity contribution in [2.75, 3.05) is 5.32 Å². The number of nitrogens with one attached hydrogen (secondary N) is 2. The van der Waals surface area contributed by atoms with E-state index in [0.717, 1.165) is 30.5 Å². The van der Waals surface area contributed by atoms with Crippen LogP contribution in [0.1, 0.15) is 39.3 Å². The van der Waals surface area contributed by atoms with Gasteiger partial charge in [0.05, 0.1) is 0 Å². The van der Waals surface area contributed by atoms with Gasteiger partial charge in [0.15, 0.2) is 5.82 Å². The molecule has 0 aliphatic rings. The third-order valence-electron chi connectivity index (χ3n) is 2.26. The molecule has 4 heteroatoms. The van der Waals surface area contributed by atoms with Crippen molar-refractivity contribution < 1.29 is 4.79 Å². The number of carbonyl (C=O) groups is 1. The average Bonchev–Trinajstić information content (AvgIpc) is 2.66. The third kappa shape index (κ3) is 3.53. The van der Waals surface area contributed by atoms with Gasteiger partial charge in [-0.05, 0) is 19.8 Å². The van der Waals surface area contributed by atoms with E-state index in [1.807, 2.05) is 19.1 Å². The Bertz CT molecular complexity index is 379. The molecule has 1 aromatic heterocycles. The van der Waals surface area contributed by atoms with E-state index < -0.39 is 0 Å². The standard InChI is InChI=1S/C12H19N3O/c1-4-6-9(3)12(16)13-11-8-10(7-5-2)14-15-11/h6,8H,4-5,7H2,1-3H3,(H2,13,14,15,16)/b9-6+. The van der Waals surface area contributed by atoms with Crippen molar-refractivity contribution in [3.05, 3.63) is 23.4 Å². The van der Waals surface area contributed by atoms with Gasteiger partial charge in [-0.15, -0.1) is 0 Å². The highest BCUT2D eigenvalue weighted by atomic mass is 16.1. The van der Waals surface area contributed by atoms with Crippen molar-refractivity contribution in [1.82, 2.24) is 10.2 Å². The number of carbonyl (C=O) groups excluding carboxylic acids is 1. The third-order valence-corrected chi connectivity index (χ3v) is 2.26. The molecule has 0 aliphatic heterocycles. The molecule has 1 heterocycles. The predicted octanol–water partition coefficient (Wildman–Crippen LogP) is 2.66. The number of H-pyrrole nitrogens is 1. The smallest absolute Gasteiger partial charge is 0.252 e. The molecule has 0 spiro atoms. The average molecular weight is 221 g/mol. The van der Waals surface area contributed by atoms with Gasteiger partial charge in [-0.25, -0.2) is 0 Å². The molecule has 0 aliphatic carbocycles. The van der Waals surface area contributed by atoms with Gasteiger partial charge >= 0.3 is 0 Å². The van der Waals surface area contributed by atoms with Crippen molar-refractivity contribution in [3.63, 3.8) is 0 Å². The summed E-state index contributed by atoms with van der Waals surface area (Å²) in [5.74, 6) is 0.508.